The van der Waals surface area contributed by atoms with Crippen molar-refractivity contribution in [1.82, 2.24) is 15.0 Å². The van der Waals surface area contributed by atoms with Gasteiger partial charge in [-0.05, 0) is 37.3 Å². The van der Waals surface area contributed by atoms with Crippen LogP contribution in [-0.4, -0.2) is 22.1 Å². The van der Waals surface area contributed by atoms with Crippen molar-refractivity contribution >= 4 is 21.8 Å². The van der Waals surface area contributed by atoms with Gasteiger partial charge in [0.05, 0.1) is 23.7 Å². The average molecular weight is 305 g/mol. The number of nitrogens with zero attached hydrogens (tertiary/aromatic N) is 2. The van der Waals surface area contributed by atoms with Gasteiger partial charge in [0.15, 0.2) is 5.75 Å². The van der Waals surface area contributed by atoms with Gasteiger partial charge in [0.25, 0.3) is 0 Å². The van der Waals surface area contributed by atoms with Crippen molar-refractivity contribution < 1.29 is 9.47 Å². The summed E-state index contributed by atoms with van der Waals surface area (Å²) in [7, 11) is 1.63. The maximum atomic E-state index is 6.14. The molecule has 0 amide bonds. The summed E-state index contributed by atoms with van der Waals surface area (Å²) in [5.74, 6) is 2.04. The van der Waals surface area contributed by atoms with Crippen LogP contribution in [0.25, 0.3) is 21.8 Å². The molecular weight excluding hydrogens is 290 g/mol. The zero-order valence-electron chi connectivity index (χ0n) is 12.8. The number of methoxy groups -OCH3 is 1. The summed E-state index contributed by atoms with van der Waals surface area (Å²) in [4.78, 5) is 11.9. The Hall–Kier alpha value is -3.08. The minimum absolute atomic E-state index is 0.516. The van der Waals surface area contributed by atoms with Crippen molar-refractivity contribution in [1.29, 1.82) is 0 Å². The van der Waals surface area contributed by atoms with E-state index < -0.39 is 0 Å². The number of rotatable bonds is 3. The summed E-state index contributed by atoms with van der Waals surface area (Å²) >= 11 is 0. The second-order valence-electron chi connectivity index (χ2n) is 5.29. The SMILES string of the molecule is COc1ccc2ncnc(Oc3c(C)[nH]c4ccccc34)c2c1. The first-order chi connectivity index (χ1) is 11.3. The second-order valence-corrected chi connectivity index (χ2v) is 5.29. The maximum absolute atomic E-state index is 6.14. The summed E-state index contributed by atoms with van der Waals surface area (Å²) < 4.78 is 11.4. The molecule has 4 rings (SSSR count). The van der Waals surface area contributed by atoms with E-state index in [1.807, 2.05) is 49.4 Å². The first kappa shape index (κ1) is 13.6. The number of benzene rings is 2. The molecule has 0 saturated heterocycles. The molecule has 0 saturated carbocycles. The van der Waals surface area contributed by atoms with E-state index in [1.54, 1.807) is 7.11 Å². The van der Waals surface area contributed by atoms with Crippen LogP contribution in [-0.2, 0) is 0 Å². The number of aryl methyl sites for hydroxylation is 1. The zero-order chi connectivity index (χ0) is 15.8. The minimum Gasteiger partial charge on any atom is -0.497 e. The van der Waals surface area contributed by atoms with Gasteiger partial charge in [-0.25, -0.2) is 9.97 Å². The zero-order valence-corrected chi connectivity index (χ0v) is 12.8. The van der Waals surface area contributed by atoms with Crippen molar-refractivity contribution in [3.63, 3.8) is 0 Å². The number of para-hydroxylation sites is 1. The number of H-pyrrole nitrogens is 1. The molecular formula is C18H15N3O2. The van der Waals surface area contributed by atoms with Crippen LogP contribution in [0.3, 0.4) is 0 Å². The molecule has 0 bridgehead atoms. The molecule has 1 N–H and O–H groups in total. The molecule has 5 nitrogen and oxygen atoms in total. The van der Waals surface area contributed by atoms with E-state index >= 15 is 0 Å². The highest BCUT2D eigenvalue weighted by molar-refractivity contribution is 5.89. The monoisotopic (exact) mass is 305 g/mol. The Balaban J connectivity index is 1.87. The highest BCUT2D eigenvalue weighted by atomic mass is 16.5. The first-order valence-electron chi connectivity index (χ1n) is 7.30. The van der Waals surface area contributed by atoms with E-state index in [0.29, 0.717) is 5.88 Å². The number of aromatic nitrogens is 3. The molecule has 23 heavy (non-hydrogen) atoms. The predicted octanol–water partition coefficient (Wildman–Crippen LogP) is 4.22. The Labute approximate surface area is 132 Å². The number of hydrogen-bond donors (Lipinski definition) is 1. The first-order valence-corrected chi connectivity index (χ1v) is 7.30. The van der Waals surface area contributed by atoms with Crippen molar-refractivity contribution in [3.05, 3.63) is 54.5 Å². The molecule has 0 aliphatic heterocycles. The molecule has 0 radical (unpaired) electrons. The van der Waals surface area contributed by atoms with E-state index in [4.69, 9.17) is 9.47 Å². The highest BCUT2D eigenvalue weighted by Crippen LogP contribution is 2.35. The molecule has 0 unspecified atom stereocenters. The number of ether oxygens (including phenoxy) is 2. The largest absolute Gasteiger partial charge is 0.497 e. The fourth-order valence-electron chi connectivity index (χ4n) is 2.70. The fourth-order valence-corrected chi connectivity index (χ4v) is 2.70. The molecule has 114 valence electrons. The van der Waals surface area contributed by atoms with Gasteiger partial charge in [-0.1, -0.05) is 12.1 Å². The van der Waals surface area contributed by atoms with E-state index in [1.165, 1.54) is 6.33 Å². The highest BCUT2D eigenvalue weighted by Gasteiger charge is 2.13. The second kappa shape index (κ2) is 5.28. The number of fused-ring (bicyclic) bond motifs is 2. The van der Waals surface area contributed by atoms with Crippen molar-refractivity contribution in [2.45, 2.75) is 6.92 Å². The fraction of sp³-hybridized carbons (Fsp3) is 0.111. The molecule has 2 aromatic carbocycles. The molecule has 4 aromatic rings. The quantitative estimate of drug-likeness (QED) is 0.615. The Morgan fingerprint density at radius 1 is 1.00 bits per heavy atom. The molecule has 0 spiro atoms. The van der Waals surface area contributed by atoms with E-state index in [9.17, 15) is 0 Å². The third-order valence-electron chi connectivity index (χ3n) is 3.84. The van der Waals surface area contributed by atoms with Crippen LogP contribution in [0.2, 0.25) is 0 Å². The van der Waals surface area contributed by atoms with Crippen LogP contribution < -0.4 is 9.47 Å². The van der Waals surface area contributed by atoms with Gasteiger partial charge in [-0.15, -0.1) is 0 Å². The summed E-state index contributed by atoms with van der Waals surface area (Å²) in [5.41, 5.74) is 2.81. The number of aromatic amines is 1. The van der Waals surface area contributed by atoms with Gasteiger partial charge in [0, 0.05) is 10.9 Å². The Bertz CT molecular complexity index is 1010. The summed E-state index contributed by atoms with van der Waals surface area (Å²) in [5, 5.41) is 1.84. The van der Waals surface area contributed by atoms with Gasteiger partial charge < -0.3 is 14.5 Å². The van der Waals surface area contributed by atoms with Gasteiger partial charge in [-0.2, -0.15) is 0 Å². The van der Waals surface area contributed by atoms with Crippen LogP contribution in [0.4, 0.5) is 0 Å². The molecule has 0 aliphatic carbocycles. The van der Waals surface area contributed by atoms with E-state index in [2.05, 4.69) is 15.0 Å². The van der Waals surface area contributed by atoms with Crippen LogP contribution in [0.15, 0.2) is 48.8 Å². The lowest BCUT2D eigenvalue weighted by Gasteiger charge is -2.08. The van der Waals surface area contributed by atoms with Gasteiger partial charge in [0.2, 0.25) is 5.88 Å². The number of nitrogens with one attached hydrogen (secondary N) is 1. The standard InChI is InChI=1S/C18H15N3O2/c1-11-17(13-5-3-4-6-16(13)21-11)23-18-14-9-12(22-2)7-8-15(14)19-10-20-18/h3-10,21H,1-2H3. The molecule has 0 atom stereocenters. The minimum atomic E-state index is 0.516. The molecule has 0 aliphatic rings. The Morgan fingerprint density at radius 3 is 2.74 bits per heavy atom. The Morgan fingerprint density at radius 2 is 1.87 bits per heavy atom. The predicted molar refractivity (Wildman–Crippen MR) is 89.2 cm³/mol. The average Bonchev–Trinajstić information content (AvgIpc) is 2.90. The van der Waals surface area contributed by atoms with Crippen LogP contribution in [0, 0.1) is 6.92 Å². The van der Waals surface area contributed by atoms with Gasteiger partial charge >= 0.3 is 0 Å². The molecule has 0 fully saturated rings. The summed E-state index contributed by atoms with van der Waals surface area (Å²) in [6.07, 6.45) is 1.51. The van der Waals surface area contributed by atoms with Crippen molar-refractivity contribution in [2.75, 3.05) is 7.11 Å². The lowest BCUT2D eigenvalue weighted by Crippen LogP contribution is -1.93. The van der Waals surface area contributed by atoms with Crippen molar-refractivity contribution in [2.24, 2.45) is 0 Å². The van der Waals surface area contributed by atoms with Crippen molar-refractivity contribution in [3.8, 4) is 17.4 Å². The lowest BCUT2D eigenvalue weighted by molar-refractivity contribution is 0.415. The van der Waals surface area contributed by atoms with Crippen LogP contribution in [0.5, 0.6) is 17.4 Å². The normalized spacial score (nSPS) is 11.0. The van der Waals surface area contributed by atoms with E-state index in [-0.39, 0.29) is 0 Å². The summed E-state index contributed by atoms with van der Waals surface area (Å²) in [6, 6.07) is 13.7. The summed E-state index contributed by atoms with van der Waals surface area (Å²) in [6.45, 7) is 1.99. The molecule has 2 aromatic heterocycles. The van der Waals surface area contributed by atoms with E-state index in [0.717, 1.165) is 39.0 Å². The third-order valence-corrected chi connectivity index (χ3v) is 3.84. The van der Waals surface area contributed by atoms with Gasteiger partial charge in [0.1, 0.15) is 12.1 Å². The topological polar surface area (TPSA) is 60.0 Å². The lowest BCUT2D eigenvalue weighted by atomic mass is 10.2. The third kappa shape index (κ3) is 2.26. The smallest absolute Gasteiger partial charge is 0.230 e. The Kier molecular flexibility index (Phi) is 3.12. The van der Waals surface area contributed by atoms with Crippen LogP contribution >= 0.6 is 0 Å². The van der Waals surface area contributed by atoms with Crippen LogP contribution in [0.1, 0.15) is 5.69 Å². The molecule has 2 heterocycles. The van der Waals surface area contributed by atoms with Gasteiger partial charge in [-0.3, -0.25) is 0 Å². The molecule has 5 heteroatoms. The number of hydrogen-bond acceptors (Lipinski definition) is 4. The maximum Gasteiger partial charge on any atom is 0.230 e.